The minimum Gasteiger partial charge on any atom is -0.395 e. The van der Waals surface area contributed by atoms with Gasteiger partial charge in [0.25, 0.3) is 0 Å². The Bertz CT molecular complexity index is 239. The maximum absolute atomic E-state index is 11.9. The molecule has 3 nitrogen and oxygen atoms in total. The molecule has 1 aliphatic carbocycles. The SMILES string of the molecule is C=CCN(CCO)C(=O)CC1(CS)CC1. The largest absolute Gasteiger partial charge is 0.395 e. The van der Waals surface area contributed by atoms with Crippen LogP contribution in [0.2, 0.25) is 0 Å². The highest BCUT2D eigenvalue weighted by molar-refractivity contribution is 7.80. The lowest BCUT2D eigenvalue weighted by atomic mass is 10.0. The lowest BCUT2D eigenvalue weighted by Crippen LogP contribution is -2.35. The van der Waals surface area contributed by atoms with Gasteiger partial charge in [0.1, 0.15) is 0 Å². The molecule has 0 heterocycles. The van der Waals surface area contributed by atoms with Gasteiger partial charge in [0.05, 0.1) is 6.61 Å². The van der Waals surface area contributed by atoms with Crippen LogP contribution in [0, 0.1) is 5.41 Å². The molecule has 1 amide bonds. The summed E-state index contributed by atoms with van der Waals surface area (Å²) in [7, 11) is 0. The van der Waals surface area contributed by atoms with Crippen LogP contribution in [0.25, 0.3) is 0 Å². The predicted molar refractivity (Wildman–Crippen MR) is 64.0 cm³/mol. The summed E-state index contributed by atoms with van der Waals surface area (Å²) in [6.07, 6.45) is 4.45. The molecule has 1 N–H and O–H groups in total. The summed E-state index contributed by atoms with van der Waals surface area (Å²) in [5.74, 6) is 0.885. The number of amides is 1. The smallest absolute Gasteiger partial charge is 0.223 e. The second-order valence-corrected chi connectivity index (χ2v) is 4.50. The first-order chi connectivity index (χ1) is 7.17. The lowest BCUT2D eigenvalue weighted by Gasteiger charge is -2.22. The van der Waals surface area contributed by atoms with E-state index in [2.05, 4.69) is 19.2 Å². The Labute approximate surface area is 96.6 Å². The second-order valence-electron chi connectivity index (χ2n) is 4.19. The van der Waals surface area contributed by atoms with E-state index in [1.165, 1.54) is 0 Å². The van der Waals surface area contributed by atoms with E-state index < -0.39 is 0 Å². The third kappa shape index (κ3) is 3.54. The average Bonchev–Trinajstić information content (AvgIpc) is 2.98. The number of rotatable bonds is 7. The fourth-order valence-corrected chi connectivity index (χ4v) is 2.02. The lowest BCUT2D eigenvalue weighted by molar-refractivity contribution is -0.132. The third-order valence-electron chi connectivity index (χ3n) is 2.89. The molecule has 15 heavy (non-hydrogen) atoms. The van der Waals surface area contributed by atoms with E-state index in [4.69, 9.17) is 5.11 Å². The molecular weight excluding hydrogens is 210 g/mol. The van der Waals surface area contributed by atoms with Gasteiger partial charge in [-0.3, -0.25) is 4.79 Å². The van der Waals surface area contributed by atoms with Crippen molar-refractivity contribution < 1.29 is 9.90 Å². The zero-order valence-corrected chi connectivity index (χ0v) is 9.88. The van der Waals surface area contributed by atoms with Crippen molar-refractivity contribution in [1.29, 1.82) is 0 Å². The minimum absolute atomic E-state index is 0.00740. The van der Waals surface area contributed by atoms with Crippen molar-refractivity contribution >= 4 is 18.5 Å². The molecular formula is C11H19NO2S. The first-order valence-electron chi connectivity index (χ1n) is 5.28. The van der Waals surface area contributed by atoms with Crippen LogP contribution in [-0.4, -0.2) is 41.4 Å². The van der Waals surface area contributed by atoms with Crippen molar-refractivity contribution in [3.63, 3.8) is 0 Å². The van der Waals surface area contributed by atoms with Crippen molar-refractivity contribution in [1.82, 2.24) is 4.90 Å². The van der Waals surface area contributed by atoms with Gasteiger partial charge in [-0.25, -0.2) is 0 Å². The first-order valence-corrected chi connectivity index (χ1v) is 5.91. The van der Waals surface area contributed by atoms with E-state index in [1.54, 1.807) is 11.0 Å². The Balaban J connectivity index is 2.44. The molecule has 1 fully saturated rings. The zero-order chi connectivity index (χ0) is 11.3. The van der Waals surface area contributed by atoms with Gasteiger partial charge in [-0.2, -0.15) is 12.6 Å². The number of thiol groups is 1. The molecule has 0 radical (unpaired) electrons. The van der Waals surface area contributed by atoms with Crippen LogP contribution < -0.4 is 0 Å². The highest BCUT2D eigenvalue weighted by atomic mass is 32.1. The van der Waals surface area contributed by atoms with Crippen LogP contribution in [0.3, 0.4) is 0 Å². The molecule has 0 spiro atoms. The molecule has 0 unspecified atom stereocenters. The van der Waals surface area contributed by atoms with Crippen molar-refractivity contribution in [2.24, 2.45) is 5.41 Å². The van der Waals surface area contributed by atoms with Crippen LogP contribution in [-0.2, 0) is 4.79 Å². The summed E-state index contributed by atoms with van der Waals surface area (Å²) in [6.45, 7) is 4.53. The van der Waals surface area contributed by atoms with Crippen molar-refractivity contribution in [3.05, 3.63) is 12.7 Å². The van der Waals surface area contributed by atoms with Gasteiger partial charge in [-0.1, -0.05) is 6.08 Å². The molecule has 1 rings (SSSR count). The number of carbonyl (C=O) groups is 1. The van der Waals surface area contributed by atoms with Gasteiger partial charge >= 0.3 is 0 Å². The molecule has 1 saturated carbocycles. The second kappa shape index (κ2) is 5.56. The Morgan fingerprint density at radius 3 is 2.67 bits per heavy atom. The number of nitrogens with zero attached hydrogens (tertiary/aromatic N) is 1. The number of hydrogen-bond donors (Lipinski definition) is 2. The normalized spacial score (nSPS) is 17.2. The number of aliphatic hydroxyl groups is 1. The molecule has 0 aliphatic heterocycles. The van der Waals surface area contributed by atoms with Crippen LogP contribution in [0.1, 0.15) is 19.3 Å². The van der Waals surface area contributed by atoms with Gasteiger partial charge in [0.15, 0.2) is 0 Å². The molecule has 0 aromatic heterocycles. The average molecular weight is 229 g/mol. The molecule has 0 saturated heterocycles. The van der Waals surface area contributed by atoms with Gasteiger partial charge < -0.3 is 10.0 Å². The van der Waals surface area contributed by atoms with Crippen LogP contribution in [0.15, 0.2) is 12.7 Å². The fraction of sp³-hybridized carbons (Fsp3) is 0.727. The number of hydrogen-bond acceptors (Lipinski definition) is 3. The molecule has 0 bridgehead atoms. The maximum Gasteiger partial charge on any atom is 0.223 e. The van der Waals surface area contributed by atoms with Gasteiger partial charge in [0.2, 0.25) is 5.91 Å². The van der Waals surface area contributed by atoms with Crippen molar-refractivity contribution in [3.8, 4) is 0 Å². The van der Waals surface area contributed by atoms with E-state index in [0.717, 1.165) is 18.6 Å². The Morgan fingerprint density at radius 2 is 2.27 bits per heavy atom. The number of carbonyl (C=O) groups excluding carboxylic acids is 1. The molecule has 0 atom stereocenters. The van der Waals surface area contributed by atoms with Crippen molar-refractivity contribution in [2.45, 2.75) is 19.3 Å². The summed E-state index contributed by atoms with van der Waals surface area (Å²) >= 11 is 4.27. The maximum atomic E-state index is 11.9. The molecule has 0 aromatic carbocycles. The first kappa shape index (κ1) is 12.6. The zero-order valence-electron chi connectivity index (χ0n) is 8.98. The molecule has 0 aromatic rings. The number of aliphatic hydroxyl groups excluding tert-OH is 1. The van der Waals surface area contributed by atoms with E-state index in [0.29, 0.717) is 19.5 Å². The standard InChI is InChI=1S/C11H19NO2S/c1-2-5-12(6-7-13)10(14)8-11(9-15)3-4-11/h2,13,15H,1,3-9H2. The van der Waals surface area contributed by atoms with E-state index in [9.17, 15) is 4.79 Å². The molecule has 4 heteroatoms. The fourth-order valence-electron chi connectivity index (χ4n) is 1.59. The highest BCUT2D eigenvalue weighted by Crippen LogP contribution is 2.49. The van der Waals surface area contributed by atoms with Crippen LogP contribution in [0.4, 0.5) is 0 Å². The Morgan fingerprint density at radius 1 is 1.60 bits per heavy atom. The van der Waals surface area contributed by atoms with Gasteiger partial charge in [-0.15, -0.1) is 6.58 Å². The van der Waals surface area contributed by atoms with Gasteiger partial charge in [-0.05, 0) is 24.0 Å². The minimum atomic E-state index is 0.00740. The summed E-state index contributed by atoms with van der Waals surface area (Å²) in [5, 5.41) is 8.84. The summed E-state index contributed by atoms with van der Waals surface area (Å²) in [6, 6.07) is 0. The van der Waals surface area contributed by atoms with Crippen molar-refractivity contribution in [2.75, 3.05) is 25.4 Å². The van der Waals surface area contributed by atoms with E-state index in [-0.39, 0.29) is 17.9 Å². The third-order valence-corrected chi connectivity index (χ3v) is 3.56. The quantitative estimate of drug-likeness (QED) is 0.507. The van der Waals surface area contributed by atoms with Crippen LogP contribution in [0.5, 0.6) is 0 Å². The van der Waals surface area contributed by atoms with E-state index in [1.807, 2.05) is 0 Å². The van der Waals surface area contributed by atoms with E-state index >= 15 is 0 Å². The summed E-state index contributed by atoms with van der Waals surface area (Å²) < 4.78 is 0. The Hall–Kier alpha value is -0.480. The molecule has 1 aliphatic rings. The van der Waals surface area contributed by atoms with Gasteiger partial charge in [0, 0.05) is 19.5 Å². The van der Waals surface area contributed by atoms with Crippen LogP contribution >= 0.6 is 12.6 Å². The summed E-state index contributed by atoms with van der Waals surface area (Å²) in [4.78, 5) is 13.5. The highest BCUT2D eigenvalue weighted by Gasteiger charge is 2.43. The Kier molecular flexibility index (Phi) is 4.67. The predicted octanol–water partition coefficient (Wildman–Crippen LogP) is 1.09. The summed E-state index contributed by atoms with van der Waals surface area (Å²) in [5.41, 5.74) is 0.148. The monoisotopic (exact) mass is 229 g/mol. The topological polar surface area (TPSA) is 40.5 Å². The molecule has 86 valence electrons.